The molecule has 13 heavy (non-hydrogen) atoms. The van der Waals surface area contributed by atoms with Gasteiger partial charge in [0.2, 0.25) is 0 Å². The highest BCUT2D eigenvalue weighted by atomic mass is 32.1. The topological polar surface area (TPSA) is 69.1 Å². The second kappa shape index (κ2) is 4.11. The van der Waals surface area contributed by atoms with Gasteiger partial charge in [0.05, 0.1) is 6.54 Å². The van der Waals surface area contributed by atoms with Crippen LogP contribution in [0.3, 0.4) is 0 Å². The van der Waals surface area contributed by atoms with Crippen LogP contribution >= 0.6 is 12.2 Å². The molecule has 0 radical (unpaired) electrons. The van der Waals surface area contributed by atoms with Crippen molar-refractivity contribution < 1.29 is 4.79 Å². The Balaban J connectivity index is 2.93. The lowest BCUT2D eigenvalue weighted by molar-refractivity contribution is 0.100. The summed E-state index contributed by atoms with van der Waals surface area (Å²) in [4.78, 5) is 11.4. The maximum absolute atomic E-state index is 11.1. The average Bonchev–Trinajstić information content (AvgIpc) is 2.17. The molecule has 0 bridgehead atoms. The summed E-state index contributed by atoms with van der Waals surface area (Å²) >= 11 is 4.77. The minimum Gasteiger partial charge on any atom is -0.389 e. The largest absolute Gasteiger partial charge is 0.389 e. The average molecular weight is 194 g/mol. The van der Waals surface area contributed by atoms with Crippen molar-refractivity contribution >= 4 is 23.0 Å². The monoisotopic (exact) mass is 194 g/mol. The van der Waals surface area contributed by atoms with Crippen molar-refractivity contribution in [3.05, 3.63) is 35.4 Å². The van der Waals surface area contributed by atoms with Crippen molar-refractivity contribution in [2.24, 2.45) is 11.5 Å². The molecule has 0 fully saturated rings. The summed E-state index contributed by atoms with van der Waals surface area (Å²) in [6, 6.07) is 6.77. The van der Waals surface area contributed by atoms with Crippen molar-refractivity contribution in [3.63, 3.8) is 0 Å². The lowest BCUT2D eigenvalue weighted by atomic mass is 10.1. The van der Waals surface area contributed by atoms with Gasteiger partial charge in [-0.05, 0) is 0 Å². The molecule has 68 valence electrons. The van der Waals surface area contributed by atoms with Crippen molar-refractivity contribution in [2.45, 2.75) is 0 Å². The SMILES string of the molecule is NCC(=O)c1ccc(C(N)=S)cc1. The number of carbonyl (C=O) groups excluding carboxylic acids is 1. The van der Waals surface area contributed by atoms with Crippen LogP contribution in [-0.2, 0) is 0 Å². The van der Waals surface area contributed by atoms with Gasteiger partial charge in [0.25, 0.3) is 0 Å². The summed E-state index contributed by atoms with van der Waals surface area (Å²) in [6.07, 6.45) is 0. The molecule has 0 heterocycles. The van der Waals surface area contributed by atoms with Gasteiger partial charge in [-0.25, -0.2) is 0 Å². The maximum atomic E-state index is 11.1. The zero-order chi connectivity index (χ0) is 9.84. The molecular weight excluding hydrogens is 184 g/mol. The van der Waals surface area contributed by atoms with Crippen LogP contribution in [0.2, 0.25) is 0 Å². The van der Waals surface area contributed by atoms with Crippen LogP contribution in [-0.4, -0.2) is 17.3 Å². The highest BCUT2D eigenvalue weighted by molar-refractivity contribution is 7.80. The van der Waals surface area contributed by atoms with Gasteiger partial charge < -0.3 is 11.5 Å². The maximum Gasteiger partial charge on any atom is 0.176 e. The highest BCUT2D eigenvalue weighted by Gasteiger charge is 2.02. The summed E-state index contributed by atoms with van der Waals surface area (Å²) < 4.78 is 0. The fraction of sp³-hybridized carbons (Fsp3) is 0.111. The number of thiocarbonyl (C=S) groups is 1. The lowest BCUT2D eigenvalue weighted by Gasteiger charge is -2.00. The first kappa shape index (κ1) is 9.83. The highest BCUT2D eigenvalue weighted by Crippen LogP contribution is 2.04. The fourth-order valence-corrected chi connectivity index (χ4v) is 1.07. The number of benzene rings is 1. The molecule has 0 aliphatic carbocycles. The van der Waals surface area contributed by atoms with Crippen molar-refractivity contribution in [2.75, 3.05) is 6.54 Å². The first-order valence-corrected chi connectivity index (χ1v) is 4.19. The van der Waals surface area contributed by atoms with E-state index in [1.807, 2.05) is 0 Å². The standard InChI is InChI=1S/C9H10N2OS/c10-5-8(12)6-1-3-7(4-2-6)9(11)13/h1-4H,5,10H2,(H2,11,13). The summed E-state index contributed by atoms with van der Waals surface area (Å²) in [5, 5.41) is 0. The van der Waals surface area contributed by atoms with Crippen LogP contribution in [0.25, 0.3) is 0 Å². The van der Waals surface area contributed by atoms with Crippen LogP contribution in [0.15, 0.2) is 24.3 Å². The molecule has 4 N–H and O–H groups in total. The van der Waals surface area contributed by atoms with Crippen LogP contribution in [0.5, 0.6) is 0 Å². The number of ketones is 1. The Bertz CT molecular complexity index is 332. The number of rotatable bonds is 3. The molecule has 4 heteroatoms. The molecule has 0 spiro atoms. The first-order chi connectivity index (χ1) is 6.15. The predicted octanol–water partition coefficient (Wildman–Crippen LogP) is 0.462. The number of carbonyl (C=O) groups is 1. The van der Waals surface area contributed by atoms with Crippen molar-refractivity contribution in [1.29, 1.82) is 0 Å². The summed E-state index contributed by atoms with van der Waals surface area (Å²) in [6.45, 7) is 0.0203. The predicted molar refractivity (Wildman–Crippen MR) is 55.7 cm³/mol. The summed E-state index contributed by atoms with van der Waals surface area (Å²) in [5.41, 5.74) is 11.9. The van der Waals surface area contributed by atoms with E-state index in [2.05, 4.69) is 0 Å². The van der Waals surface area contributed by atoms with E-state index in [0.717, 1.165) is 5.56 Å². The van der Waals surface area contributed by atoms with Gasteiger partial charge in [-0.15, -0.1) is 0 Å². The van der Waals surface area contributed by atoms with Gasteiger partial charge in [-0.3, -0.25) is 4.79 Å². The Morgan fingerprint density at radius 1 is 1.23 bits per heavy atom. The summed E-state index contributed by atoms with van der Waals surface area (Å²) in [7, 11) is 0. The van der Waals surface area contributed by atoms with E-state index in [1.165, 1.54) is 0 Å². The molecule has 0 saturated heterocycles. The zero-order valence-corrected chi connectivity index (χ0v) is 7.80. The van der Waals surface area contributed by atoms with Gasteiger partial charge >= 0.3 is 0 Å². The van der Waals surface area contributed by atoms with Gasteiger partial charge in [0.15, 0.2) is 5.78 Å². The molecular formula is C9H10N2OS. The van der Waals surface area contributed by atoms with Crippen LogP contribution in [0, 0.1) is 0 Å². The zero-order valence-electron chi connectivity index (χ0n) is 6.99. The Kier molecular flexibility index (Phi) is 3.11. The number of nitrogens with two attached hydrogens (primary N) is 2. The molecule has 3 nitrogen and oxygen atoms in total. The van der Waals surface area contributed by atoms with Crippen LogP contribution in [0.4, 0.5) is 0 Å². The molecule has 0 aliphatic heterocycles. The van der Waals surface area contributed by atoms with E-state index in [0.29, 0.717) is 10.6 Å². The molecule has 1 aromatic carbocycles. The minimum atomic E-state index is -0.0884. The third-order valence-corrected chi connectivity index (χ3v) is 1.91. The van der Waals surface area contributed by atoms with E-state index in [9.17, 15) is 4.79 Å². The minimum absolute atomic E-state index is 0.0203. The normalized spacial score (nSPS) is 9.62. The first-order valence-electron chi connectivity index (χ1n) is 3.78. The summed E-state index contributed by atoms with van der Waals surface area (Å²) in [5.74, 6) is -0.0884. The fourth-order valence-electron chi connectivity index (χ4n) is 0.938. The van der Waals surface area contributed by atoms with Gasteiger partial charge in [0.1, 0.15) is 4.99 Å². The third-order valence-electron chi connectivity index (χ3n) is 1.68. The molecule has 0 atom stereocenters. The quantitative estimate of drug-likeness (QED) is 0.542. The Hall–Kier alpha value is -1.26. The van der Waals surface area contributed by atoms with Crippen LogP contribution in [0.1, 0.15) is 15.9 Å². The van der Waals surface area contributed by atoms with E-state index in [4.69, 9.17) is 23.7 Å². The van der Waals surface area contributed by atoms with Gasteiger partial charge in [0, 0.05) is 11.1 Å². The van der Waals surface area contributed by atoms with Crippen molar-refractivity contribution in [1.82, 2.24) is 0 Å². The van der Waals surface area contributed by atoms with E-state index in [1.54, 1.807) is 24.3 Å². The number of hydrogen-bond donors (Lipinski definition) is 2. The van der Waals surface area contributed by atoms with Gasteiger partial charge in [-0.2, -0.15) is 0 Å². The van der Waals surface area contributed by atoms with E-state index < -0.39 is 0 Å². The Morgan fingerprint density at radius 2 is 1.69 bits per heavy atom. The van der Waals surface area contributed by atoms with Crippen molar-refractivity contribution in [3.8, 4) is 0 Å². The molecule has 0 amide bonds. The molecule has 0 aliphatic rings. The lowest BCUT2D eigenvalue weighted by Crippen LogP contribution is -2.14. The van der Waals surface area contributed by atoms with E-state index in [-0.39, 0.29) is 12.3 Å². The third kappa shape index (κ3) is 2.34. The van der Waals surface area contributed by atoms with Gasteiger partial charge in [-0.1, -0.05) is 36.5 Å². The Morgan fingerprint density at radius 3 is 2.08 bits per heavy atom. The molecule has 0 saturated carbocycles. The Labute approximate surface area is 81.7 Å². The molecule has 1 rings (SSSR count). The number of hydrogen-bond acceptors (Lipinski definition) is 3. The van der Waals surface area contributed by atoms with E-state index >= 15 is 0 Å². The molecule has 0 unspecified atom stereocenters. The number of Topliss-reactive ketones (excluding diaryl/α,β-unsaturated/α-hetero) is 1. The second-order valence-electron chi connectivity index (χ2n) is 2.57. The molecule has 0 aromatic heterocycles. The smallest absolute Gasteiger partial charge is 0.176 e. The van der Waals surface area contributed by atoms with Crippen LogP contribution < -0.4 is 11.5 Å². The second-order valence-corrected chi connectivity index (χ2v) is 3.01. The molecule has 1 aromatic rings.